The zero-order valence-corrected chi connectivity index (χ0v) is 12.4. The van der Waals surface area contributed by atoms with E-state index in [9.17, 15) is 4.79 Å². The first kappa shape index (κ1) is 14.4. The lowest BCUT2D eigenvalue weighted by Gasteiger charge is -2.15. The minimum atomic E-state index is -0.496. The van der Waals surface area contributed by atoms with Crippen LogP contribution in [0.25, 0.3) is 21.9 Å². The number of nitrogens with two attached hydrogens (primary N) is 7. The Balaban J connectivity index is 2.77. The number of nitrogen functional groups attached to an aromatic ring is 7. The summed E-state index contributed by atoms with van der Waals surface area (Å²) >= 11 is 0. The predicted molar refractivity (Wildman–Crippen MR) is 95.6 cm³/mol. The Kier molecular flexibility index (Phi) is 2.67. The van der Waals surface area contributed by atoms with Crippen LogP contribution in [0, 0.1) is 6.92 Å². The van der Waals surface area contributed by atoms with Gasteiger partial charge in [0.1, 0.15) is 5.69 Å². The van der Waals surface area contributed by atoms with Gasteiger partial charge in [-0.25, -0.2) is 0 Å². The van der Waals surface area contributed by atoms with Gasteiger partial charge in [0, 0.05) is 0 Å². The molecule has 0 aliphatic heterocycles. The maximum Gasteiger partial charge on any atom is 0.204 e. The summed E-state index contributed by atoms with van der Waals surface area (Å²) in [7, 11) is 0. The molecule has 0 aliphatic carbocycles. The molecule has 0 saturated carbocycles. The summed E-state index contributed by atoms with van der Waals surface area (Å²) in [6.07, 6.45) is 0. The normalized spacial score (nSPS) is 11.3. The maximum atomic E-state index is 12.9. The molecule has 2 aromatic carbocycles. The summed E-state index contributed by atoms with van der Waals surface area (Å²) < 4.78 is 5.70. The first-order chi connectivity index (χ1) is 10.7. The van der Waals surface area contributed by atoms with Gasteiger partial charge in [0.25, 0.3) is 0 Å². The van der Waals surface area contributed by atoms with Crippen molar-refractivity contribution in [2.75, 3.05) is 40.1 Å². The summed E-state index contributed by atoms with van der Waals surface area (Å²) in [6.45, 7) is 1.65. The van der Waals surface area contributed by atoms with Crippen LogP contribution in [0.15, 0.2) is 9.21 Å². The van der Waals surface area contributed by atoms with E-state index in [-0.39, 0.29) is 61.8 Å². The second-order valence-electron chi connectivity index (χ2n) is 5.36. The summed E-state index contributed by atoms with van der Waals surface area (Å²) in [4.78, 5) is 12.9. The van der Waals surface area contributed by atoms with Crippen molar-refractivity contribution in [2.45, 2.75) is 6.92 Å². The van der Waals surface area contributed by atoms with Crippen LogP contribution in [0.3, 0.4) is 0 Å². The predicted octanol–water partition coefficient (Wildman–Crippen LogP) is 0.330. The number of rotatable bonds is 0. The molecule has 9 heteroatoms. The second kappa shape index (κ2) is 4.26. The highest BCUT2D eigenvalue weighted by Gasteiger charge is 2.23. The fraction of sp³-hybridized carbons (Fsp3) is 0.0714. The fourth-order valence-corrected chi connectivity index (χ4v) is 2.61. The molecule has 23 heavy (non-hydrogen) atoms. The highest BCUT2D eigenvalue weighted by Crippen LogP contribution is 2.41. The van der Waals surface area contributed by atoms with Crippen molar-refractivity contribution in [2.24, 2.45) is 0 Å². The molecule has 0 atom stereocenters. The van der Waals surface area contributed by atoms with Crippen LogP contribution in [0.5, 0.6) is 0 Å². The topological polar surface area (TPSA) is 212 Å². The number of hydrogen-bond donors (Lipinski definition) is 7. The molecule has 3 aromatic rings. The summed E-state index contributed by atoms with van der Waals surface area (Å²) in [5.41, 5.74) is 41.8. The quantitative estimate of drug-likeness (QED) is 0.224. The van der Waals surface area contributed by atoms with Crippen LogP contribution >= 0.6 is 0 Å². The number of hydrogen-bond acceptors (Lipinski definition) is 9. The fourth-order valence-electron chi connectivity index (χ4n) is 2.61. The van der Waals surface area contributed by atoms with E-state index in [0.717, 1.165) is 0 Å². The third kappa shape index (κ3) is 1.58. The van der Waals surface area contributed by atoms with Crippen molar-refractivity contribution in [3.63, 3.8) is 0 Å². The number of anilines is 7. The Morgan fingerprint density at radius 1 is 0.609 bits per heavy atom. The van der Waals surface area contributed by atoms with Gasteiger partial charge in [-0.3, -0.25) is 4.79 Å². The Morgan fingerprint density at radius 3 is 1.61 bits per heavy atom. The third-order valence-electron chi connectivity index (χ3n) is 4.11. The van der Waals surface area contributed by atoms with Crippen molar-refractivity contribution in [3.8, 4) is 0 Å². The molecule has 0 aliphatic rings. The van der Waals surface area contributed by atoms with Gasteiger partial charge in [-0.2, -0.15) is 0 Å². The minimum Gasteiger partial charge on any atom is -0.451 e. The summed E-state index contributed by atoms with van der Waals surface area (Å²) in [5, 5.41) is 0.0916. The largest absolute Gasteiger partial charge is 0.451 e. The monoisotopic (exact) mass is 315 g/mol. The molecule has 3 rings (SSSR count). The Labute approximate surface area is 130 Å². The van der Waals surface area contributed by atoms with Crippen molar-refractivity contribution in [3.05, 3.63) is 15.8 Å². The molecule has 0 fully saturated rings. The molecule has 1 heterocycles. The molecule has 0 unspecified atom stereocenters. The molecular weight excluding hydrogens is 298 g/mol. The van der Waals surface area contributed by atoms with Gasteiger partial charge >= 0.3 is 0 Å². The zero-order valence-electron chi connectivity index (χ0n) is 12.4. The first-order valence-corrected chi connectivity index (χ1v) is 6.63. The van der Waals surface area contributed by atoms with Crippen LogP contribution in [-0.4, -0.2) is 0 Å². The minimum absolute atomic E-state index is 0.000975. The van der Waals surface area contributed by atoms with E-state index in [1.165, 1.54) is 0 Å². The van der Waals surface area contributed by atoms with E-state index in [1.807, 2.05) is 0 Å². The SMILES string of the molecule is Cc1c(N)c(N)c2oc3c(N)c(N)c(N)c(N)c3c(=O)c2c1N. The molecular formula is C14H17N7O2. The number of benzene rings is 2. The average molecular weight is 315 g/mol. The average Bonchev–Trinajstić information content (AvgIpc) is 2.53. The molecule has 0 amide bonds. The van der Waals surface area contributed by atoms with Crippen LogP contribution in [0.2, 0.25) is 0 Å². The second-order valence-corrected chi connectivity index (χ2v) is 5.36. The molecule has 1 aromatic heterocycles. The van der Waals surface area contributed by atoms with Crippen molar-refractivity contribution in [1.29, 1.82) is 0 Å². The van der Waals surface area contributed by atoms with E-state index in [2.05, 4.69) is 0 Å². The Bertz CT molecular complexity index is 988. The Hall–Kier alpha value is -3.49. The molecule has 120 valence electrons. The standard InChI is InChI=1S/C14H17N7O2/c1-2-5(15)3-12(22)4-7(17)8(18)9(19)11(21)14(4)23-13(3)10(20)6(2)16/h15-21H2,1H3. The van der Waals surface area contributed by atoms with Gasteiger partial charge in [0.15, 0.2) is 11.2 Å². The Morgan fingerprint density at radius 2 is 1.04 bits per heavy atom. The third-order valence-corrected chi connectivity index (χ3v) is 4.11. The molecule has 0 bridgehead atoms. The van der Waals surface area contributed by atoms with Gasteiger partial charge < -0.3 is 44.6 Å². The van der Waals surface area contributed by atoms with Crippen LogP contribution in [-0.2, 0) is 0 Å². The highest BCUT2D eigenvalue weighted by molar-refractivity contribution is 6.14. The van der Waals surface area contributed by atoms with Crippen molar-refractivity contribution >= 4 is 61.8 Å². The maximum absolute atomic E-state index is 12.9. The van der Waals surface area contributed by atoms with E-state index in [1.54, 1.807) is 6.92 Å². The van der Waals surface area contributed by atoms with Gasteiger partial charge in [0.05, 0.1) is 44.9 Å². The highest BCUT2D eigenvalue weighted by atomic mass is 16.3. The smallest absolute Gasteiger partial charge is 0.204 e. The summed E-state index contributed by atoms with van der Waals surface area (Å²) in [5.74, 6) is 0. The lowest BCUT2D eigenvalue weighted by molar-refractivity contribution is 0.663. The van der Waals surface area contributed by atoms with E-state index in [4.69, 9.17) is 44.6 Å². The molecule has 14 N–H and O–H groups in total. The van der Waals surface area contributed by atoms with Gasteiger partial charge in [-0.05, 0) is 12.5 Å². The van der Waals surface area contributed by atoms with Gasteiger partial charge in [0.2, 0.25) is 5.43 Å². The van der Waals surface area contributed by atoms with Crippen LogP contribution < -0.4 is 45.6 Å². The van der Waals surface area contributed by atoms with Crippen molar-refractivity contribution in [1.82, 2.24) is 0 Å². The van der Waals surface area contributed by atoms with E-state index < -0.39 is 5.43 Å². The molecule has 0 radical (unpaired) electrons. The first-order valence-electron chi connectivity index (χ1n) is 6.63. The summed E-state index contributed by atoms with van der Waals surface area (Å²) in [6, 6.07) is 0. The van der Waals surface area contributed by atoms with Crippen molar-refractivity contribution < 1.29 is 4.42 Å². The van der Waals surface area contributed by atoms with E-state index in [0.29, 0.717) is 5.56 Å². The number of fused-ring (bicyclic) bond motifs is 2. The lowest BCUT2D eigenvalue weighted by Crippen LogP contribution is -2.14. The zero-order chi connectivity index (χ0) is 17.2. The van der Waals surface area contributed by atoms with Gasteiger partial charge in [-0.15, -0.1) is 0 Å². The molecule has 0 saturated heterocycles. The molecule has 0 spiro atoms. The van der Waals surface area contributed by atoms with Gasteiger partial charge in [-0.1, -0.05) is 0 Å². The lowest BCUT2D eigenvalue weighted by atomic mass is 10.0. The molecule has 9 nitrogen and oxygen atoms in total. The van der Waals surface area contributed by atoms with Crippen LogP contribution in [0.1, 0.15) is 5.56 Å². The van der Waals surface area contributed by atoms with E-state index >= 15 is 0 Å². The van der Waals surface area contributed by atoms with Crippen LogP contribution in [0.4, 0.5) is 39.8 Å².